The molecule has 0 heterocycles. The number of nitriles is 1. The lowest BCUT2D eigenvalue weighted by Gasteiger charge is -2.23. The summed E-state index contributed by atoms with van der Waals surface area (Å²) in [5.41, 5.74) is 2.46. The summed E-state index contributed by atoms with van der Waals surface area (Å²) >= 11 is 0. The molecule has 0 spiro atoms. The van der Waals surface area contributed by atoms with Gasteiger partial charge < -0.3 is 9.84 Å². The number of aromatic hydroxyl groups is 1. The first-order chi connectivity index (χ1) is 13.9. The average molecular weight is 393 g/mol. The molecule has 0 aliphatic carbocycles. The van der Waals surface area contributed by atoms with Gasteiger partial charge in [-0.1, -0.05) is 33.3 Å². The van der Waals surface area contributed by atoms with Crippen molar-refractivity contribution in [1.29, 1.82) is 5.26 Å². The Labute approximate surface area is 172 Å². The zero-order chi connectivity index (χ0) is 21.4. The molecular weight excluding hydrogens is 366 g/mol. The predicted octanol–water partition coefficient (Wildman–Crippen LogP) is 5.10. The molecule has 0 radical (unpaired) electrons. The van der Waals surface area contributed by atoms with Crippen LogP contribution in [0.4, 0.5) is 11.4 Å². The Balaban J connectivity index is 2.55. The van der Waals surface area contributed by atoms with E-state index in [-0.39, 0.29) is 11.7 Å². The third kappa shape index (κ3) is 5.35. The molecule has 2 aromatic rings. The van der Waals surface area contributed by atoms with Gasteiger partial charge in [-0.15, -0.1) is 0 Å². The Bertz CT molecular complexity index is 912. The summed E-state index contributed by atoms with van der Waals surface area (Å²) < 4.78 is 5.82. The van der Waals surface area contributed by atoms with E-state index in [4.69, 9.17) is 15.0 Å². The molecule has 0 bridgehead atoms. The number of ether oxygens (including phenoxy) is 1. The monoisotopic (exact) mass is 393 g/mol. The summed E-state index contributed by atoms with van der Waals surface area (Å²) in [5, 5.41) is 19.3. The number of nitrogens with zero attached hydrogens (tertiary/aromatic N) is 3. The van der Waals surface area contributed by atoms with Crippen molar-refractivity contribution in [3.8, 4) is 17.6 Å². The van der Waals surface area contributed by atoms with Gasteiger partial charge in [0.05, 0.1) is 18.2 Å². The van der Waals surface area contributed by atoms with Gasteiger partial charge in [-0.2, -0.15) is 5.26 Å². The highest BCUT2D eigenvalue weighted by molar-refractivity contribution is 6.11. The largest absolute Gasteiger partial charge is 0.504 e. The molecule has 6 nitrogen and oxygen atoms in total. The van der Waals surface area contributed by atoms with Crippen LogP contribution in [0, 0.1) is 24.2 Å². The fourth-order valence-electron chi connectivity index (χ4n) is 2.78. The molecule has 0 unspecified atom stereocenters. The second kappa shape index (κ2) is 10.3. The molecule has 0 saturated heterocycles. The van der Waals surface area contributed by atoms with E-state index < -0.39 is 0 Å². The Hall–Kier alpha value is -3.33. The molecule has 0 saturated carbocycles. The van der Waals surface area contributed by atoms with Gasteiger partial charge in [-0.3, -0.25) is 9.69 Å². The molecule has 2 aromatic carbocycles. The first kappa shape index (κ1) is 22.0. The van der Waals surface area contributed by atoms with Crippen molar-refractivity contribution in [2.45, 2.75) is 40.5 Å². The minimum Gasteiger partial charge on any atom is -0.504 e. The topological polar surface area (TPSA) is 85.9 Å². The summed E-state index contributed by atoms with van der Waals surface area (Å²) in [7, 11) is 0. The lowest BCUT2D eigenvalue weighted by molar-refractivity contribution is -0.106. The average Bonchev–Trinajstić information content (AvgIpc) is 2.72. The molecule has 0 aliphatic rings. The predicted molar refractivity (Wildman–Crippen MR) is 115 cm³/mol. The molecule has 2 rings (SSSR count). The summed E-state index contributed by atoms with van der Waals surface area (Å²) in [6.45, 7) is 8.30. The molecule has 29 heavy (non-hydrogen) atoms. The molecule has 0 aromatic heterocycles. The summed E-state index contributed by atoms with van der Waals surface area (Å²) in [6, 6.07) is 12.1. The zero-order valence-electron chi connectivity index (χ0n) is 17.3. The Morgan fingerprint density at radius 2 is 1.97 bits per heavy atom. The fraction of sp³-hybridized carbons (Fsp3) is 0.348. The third-order valence-corrected chi connectivity index (χ3v) is 4.43. The summed E-state index contributed by atoms with van der Waals surface area (Å²) in [5.74, 6) is 0.770. The van der Waals surface area contributed by atoms with E-state index in [0.717, 1.165) is 18.4 Å². The van der Waals surface area contributed by atoms with E-state index >= 15 is 0 Å². The van der Waals surface area contributed by atoms with Crippen LogP contribution in [0.15, 0.2) is 41.4 Å². The van der Waals surface area contributed by atoms with Crippen molar-refractivity contribution in [3.05, 3.63) is 47.5 Å². The van der Waals surface area contributed by atoms with Crippen molar-refractivity contribution >= 4 is 23.6 Å². The molecule has 0 atom stereocenters. The molecule has 0 aliphatic heterocycles. The number of aliphatic imine (C=N–C) groups is 1. The SMILES string of the molecule is CCCCOc1c(O)ccc(C)c1N=C(C(C)C)N(C=O)c1ccc(C#N)cc1. The summed E-state index contributed by atoms with van der Waals surface area (Å²) in [6.07, 6.45) is 2.54. The van der Waals surface area contributed by atoms with Crippen LogP contribution in [0.25, 0.3) is 0 Å². The van der Waals surface area contributed by atoms with Crippen LogP contribution >= 0.6 is 0 Å². The minimum atomic E-state index is -0.0823. The van der Waals surface area contributed by atoms with Crippen LogP contribution in [0.2, 0.25) is 0 Å². The first-order valence-electron chi connectivity index (χ1n) is 9.71. The maximum atomic E-state index is 11.9. The van der Waals surface area contributed by atoms with Crippen molar-refractivity contribution in [3.63, 3.8) is 0 Å². The number of carbonyl (C=O) groups is 1. The Morgan fingerprint density at radius 3 is 2.52 bits per heavy atom. The maximum Gasteiger partial charge on any atom is 0.219 e. The van der Waals surface area contributed by atoms with Gasteiger partial charge in [0.15, 0.2) is 11.5 Å². The second-order valence-corrected chi connectivity index (χ2v) is 7.04. The number of hydrogen-bond acceptors (Lipinski definition) is 5. The molecule has 6 heteroatoms. The number of phenolic OH excluding ortho intramolecular Hbond substituents is 1. The number of benzene rings is 2. The van der Waals surface area contributed by atoms with Gasteiger partial charge in [0, 0.05) is 11.6 Å². The van der Waals surface area contributed by atoms with Crippen molar-refractivity contribution in [2.75, 3.05) is 11.5 Å². The van der Waals surface area contributed by atoms with Crippen LogP contribution in [-0.2, 0) is 4.79 Å². The van der Waals surface area contributed by atoms with E-state index in [1.165, 1.54) is 4.90 Å². The highest BCUT2D eigenvalue weighted by Gasteiger charge is 2.20. The number of hydrogen-bond donors (Lipinski definition) is 1. The number of rotatable bonds is 8. The van der Waals surface area contributed by atoms with Gasteiger partial charge in [0.2, 0.25) is 6.41 Å². The number of aryl methyl sites for hydroxylation is 1. The highest BCUT2D eigenvalue weighted by atomic mass is 16.5. The number of carbonyl (C=O) groups excluding carboxylic acids is 1. The standard InChI is InChI=1S/C23H27N3O3/c1-5-6-13-29-22-20(28)12-7-17(4)21(22)25-23(16(2)3)26(15-27)19-10-8-18(14-24)9-11-19/h7-12,15-16,28H,5-6,13H2,1-4H3. The molecule has 1 amide bonds. The van der Waals surface area contributed by atoms with Crippen molar-refractivity contribution < 1.29 is 14.6 Å². The lowest BCUT2D eigenvalue weighted by Crippen LogP contribution is -2.33. The van der Waals surface area contributed by atoms with Crippen LogP contribution in [0.5, 0.6) is 11.5 Å². The van der Waals surface area contributed by atoms with Gasteiger partial charge >= 0.3 is 0 Å². The smallest absolute Gasteiger partial charge is 0.219 e. The van der Waals surface area contributed by atoms with E-state index in [1.807, 2.05) is 20.8 Å². The van der Waals surface area contributed by atoms with Gasteiger partial charge in [0.1, 0.15) is 11.5 Å². The van der Waals surface area contributed by atoms with E-state index in [9.17, 15) is 9.90 Å². The van der Waals surface area contributed by atoms with Gasteiger partial charge in [-0.25, -0.2) is 4.99 Å². The maximum absolute atomic E-state index is 11.9. The zero-order valence-corrected chi connectivity index (χ0v) is 17.3. The lowest BCUT2D eigenvalue weighted by atomic mass is 10.1. The molecule has 152 valence electrons. The number of phenols is 1. The highest BCUT2D eigenvalue weighted by Crippen LogP contribution is 2.40. The molecule has 0 fully saturated rings. The number of amides is 1. The summed E-state index contributed by atoms with van der Waals surface area (Å²) in [4.78, 5) is 18.1. The van der Waals surface area contributed by atoms with Crippen LogP contribution in [0.3, 0.4) is 0 Å². The Kier molecular flexibility index (Phi) is 7.79. The first-order valence-corrected chi connectivity index (χ1v) is 9.71. The fourth-order valence-corrected chi connectivity index (χ4v) is 2.78. The van der Waals surface area contributed by atoms with Crippen molar-refractivity contribution in [2.24, 2.45) is 10.9 Å². The number of unbranched alkanes of at least 4 members (excludes halogenated alkanes) is 1. The quantitative estimate of drug-likeness (QED) is 0.293. The van der Waals surface area contributed by atoms with E-state index in [2.05, 4.69) is 13.0 Å². The molecular formula is C23H27N3O3. The second-order valence-electron chi connectivity index (χ2n) is 7.04. The normalized spacial score (nSPS) is 11.2. The minimum absolute atomic E-state index is 0.0181. The van der Waals surface area contributed by atoms with Crippen LogP contribution < -0.4 is 9.64 Å². The number of amidine groups is 1. The Morgan fingerprint density at radius 1 is 1.28 bits per heavy atom. The van der Waals surface area contributed by atoms with Gasteiger partial charge in [-0.05, 0) is 49.2 Å². The van der Waals surface area contributed by atoms with Gasteiger partial charge in [0.25, 0.3) is 0 Å². The van der Waals surface area contributed by atoms with E-state index in [1.54, 1.807) is 36.4 Å². The van der Waals surface area contributed by atoms with Crippen LogP contribution in [-0.4, -0.2) is 24.0 Å². The number of anilines is 1. The molecule has 1 N–H and O–H groups in total. The third-order valence-electron chi connectivity index (χ3n) is 4.43. The van der Waals surface area contributed by atoms with E-state index in [0.29, 0.717) is 41.5 Å². The van der Waals surface area contributed by atoms with Crippen LogP contribution in [0.1, 0.15) is 44.7 Å². The van der Waals surface area contributed by atoms with Crippen molar-refractivity contribution in [1.82, 2.24) is 0 Å².